The predicted octanol–water partition coefficient (Wildman–Crippen LogP) is 2.52. The maximum atomic E-state index is 12.0. The van der Waals surface area contributed by atoms with Gasteiger partial charge in [0.05, 0.1) is 11.4 Å². The number of nitrogens with one attached hydrogen (secondary N) is 2. The smallest absolute Gasteiger partial charge is 0.321 e. The van der Waals surface area contributed by atoms with Gasteiger partial charge in [0, 0.05) is 19.8 Å². The summed E-state index contributed by atoms with van der Waals surface area (Å²) in [6, 6.07) is 15.9. The molecule has 2 rings (SSSR count). The van der Waals surface area contributed by atoms with Gasteiger partial charge in [0.2, 0.25) is 0 Å². The second kappa shape index (κ2) is 5.83. The fourth-order valence-corrected chi connectivity index (χ4v) is 2.61. The number of nitrogens with zero attached hydrogens (tertiary/aromatic N) is 1. The standard InChI is InChI=1S/C14H17N3O2S/c1-17(2)14-10-8-13(9-11-14)16-20(18,19)15-12-6-4-3-5-7-12/h3-11,15-16H,1-2H3. The molecule has 0 radical (unpaired) electrons. The summed E-state index contributed by atoms with van der Waals surface area (Å²) in [6.45, 7) is 0. The predicted molar refractivity (Wildman–Crippen MR) is 83.4 cm³/mol. The minimum absolute atomic E-state index is 0.513. The average Bonchev–Trinajstić information content (AvgIpc) is 2.39. The van der Waals surface area contributed by atoms with Gasteiger partial charge in [0.15, 0.2) is 0 Å². The molecule has 20 heavy (non-hydrogen) atoms. The van der Waals surface area contributed by atoms with Gasteiger partial charge in [-0.3, -0.25) is 9.44 Å². The highest BCUT2D eigenvalue weighted by Crippen LogP contribution is 2.17. The Balaban J connectivity index is 2.08. The first-order valence-corrected chi connectivity index (χ1v) is 7.57. The molecule has 106 valence electrons. The molecule has 6 heteroatoms. The number of hydrogen-bond acceptors (Lipinski definition) is 3. The van der Waals surface area contributed by atoms with Crippen molar-refractivity contribution < 1.29 is 8.42 Å². The fourth-order valence-electron chi connectivity index (χ4n) is 1.67. The quantitative estimate of drug-likeness (QED) is 0.890. The van der Waals surface area contributed by atoms with E-state index in [0.717, 1.165) is 5.69 Å². The van der Waals surface area contributed by atoms with Gasteiger partial charge in [0.1, 0.15) is 0 Å². The van der Waals surface area contributed by atoms with Crippen LogP contribution in [0.4, 0.5) is 17.1 Å². The Morgan fingerprint density at radius 1 is 0.800 bits per heavy atom. The SMILES string of the molecule is CN(C)c1ccc(NS(=O)(=O)Nc2ccccc2)cc1. The molecule has 0 spiro atoms. The first kappa shape index (κ1) is 14.2. The summed E-state index contributed by atoms with van der Waals surface area (Å²) in [4.78, 5) is 1.94. The average molecular weight is 291 g/mol. The van der Waals surface area contributed by atoms with Crippen molar-refractivity contribution in [1.82, 2.24) is 0 Å². The van der Waals surface area contributed by atoms with Crippen molar-refractivity contribution in [2.45, 2.75) is 0 Å². The topological polar surface area (TPSA) is 61.4 Å². The van der Waals surface area contributed by atoms with Gasteiger partial charge in [-0.15, -0.1) is 0 Å². The summed E-state index contributed by atoms with van der Waals surface area (Å²) < 4.78 is 28.8. The molecule has 5 nitrogen and oxygen atoms in total. The molecule has 0 heterocycles. The first-order chi connectivity index (χ1) is 9.46. The molecule has 0 aromatic heterocycles. The van der Waals surface area contributed by atoms with E-state index in [1.807, 2.05) is 37.2 Å². The van der Waals surface area contributed by atoms with Crippen molar-refractivity contribution in [1.29, 1.82) is 0 Å². The third-order valence-electron chi connectivity index (χ3n) is 2.66. The van der Waals surface area contributed by atoms with Crippen LogP contribution in [0.2, 0.25) is 0 Å². The molecular weight excluding hydrogens is 274 g/mol. The summed E-state index contributed by atoms with van der Waals surface area (Å²) >= 11 is 0. The zero-order valence-electron chi connectivity index (χ0n) is 11.4. The van der Waals surface area contributed by atoms with Gasteiger partial charge in [0.25, 0.3) is 0 Å². The molecule has 2 N–H and O–H groups in total. The molecule has 0 aliphatic heterocycles. The zero-order valence-corrected chi connectivity index (χ0v) is 12.2. The molecule has 0 aliphatic rings. The third-order valence-corrected chi connectivity index (χ3v) is 3.67. The second-order valence-electron chi connectivity index (χ2n) is 4.51. The van der Waals surface area contributed by atoms with E-state index in [2.05, 4.69) is 9.44 Å². The summed E-state index contributed by atoms with van der Waals surface area (Å²) in [7, 11) is 0.219. The van der Waals surface area contributed by atoms with Crippen LogP contribution in [0, 0.1) is 0 Å². The highest BCUT2D eigenvalue weighted by Gasteiger charge is 2.09. The molecule has 2 aromatic carbocycles. The van der Waals surface area contributed by atoms with Crippen LogP contribution in [-0.2, 0) is 10.2 Å². The summed E-state index contributed by atoms with van der Waals surface area (Å²) in [6.07, 6.45) is 0. The Bertz CT molecular complexity index is 653. The summed E-state index contributed by atoms with van der Waals surface area (Å²) in [5.41, 5.74) is 2.04. The van der Waals surface area contributed by atoms with Crippen LogP contribution in [0.15, 0.2) is 54.6 Å². The maximum Gasteiger partial charge on any atom is 0.321 e. The van der Waals surface area contributed by atoms with Gasteiger partial charge >= 0.3 is 10.2 Å². The fraction of sp³-hybridized carbons (Fsp3) is 0.143. The van der Waals surface area contributed by atoms with Crippen molar-refractivity contribution in [3.8, 4) is 0 Å². The van der Waals surface area contributed by atoms with E-state index >= 15 is 0 Å². The third kappa shape index (κ3) is 3.89. The van der Waals surface area contributed by atoms with Crippen LogP contribution in [0.1, 0.15) is 0 Å². The number of benzene rings is 2. The number of para-hydroxylation sites is 1. The van der Waals surface area contributed by atoms with Gasteiger partial charge in [-0.2, -0.15) is 8.42 Å². The van der Waals surface area contributed by atoms with E-state index in [1.54, 1.807) is 36.4 Å². The molecule has 0 fully saturated rings. The largest absolute Gasteiger partial charge is 0.378 e. The highest BCUT2D eigenvalue weighted by molar-refractivity contribution is 7.94. The molecule has 0 unspecified atom stereocenters. The van der Waals surface area contributed by atoms with E-state index in [9.17, 15) is 8.42 Å². The molecule has 0 amide bonds. The van der Waals surface area contributed by atoms with Gasteiger partial charge in [-0.05, 0) is 36.4 Å². The van der Waals surface area contributed by atoms with E-state index in [4.69, 9.17) is 0 Å². The number of hydrogen-bond donors (Lipinski definition) is 2. The zero-order chi connectivity index (χ0) is 14.6. The lowest BCUT2D eigenvalue weighted by Crippen LogP contribution is -2.21. The van der Waals surface area contributed by atoms with Gasteiger partial charge in [-0.1, -0.05) is 18.2 Å². The summed E-state index contributed by atoms with van der Waals surface area (Å²) in [5.74, 6) is 0. The minimum Gasteiger partial charge on any atom is -0.378 e. The van der Waals surface area contributed by atoms with Crippen LogP contribution < -0.4 is 14.3 Å². The maximum absolute atomic E-state index is 12.0. The second-order valence-corrected chi connectivity index (χ2v) is 5.93. The Hall–Kier alpha value is -2.21. The molecule has 0 bridgehead atoms. The lowest BCUT2D eigenvalue weighted by Gasteiger charge is -2.14. The van der Waals surface area contributed by atoms with E-state index in [1.165, 1.54) is 0 Å². The van der Waals surface area contributed by atoms with Crippen LogP contribution in [0.5, 0.6) is 0 Å². The van der Waals surface area contributed by atoms with Crippen LogP contribution in [0.25, 0.3) is 0 Å². The molecule has 0 saturated carbocycles. The number of anilines is 3. The van der Waals surface area contributed by atoms with Crippen LogP contribution >= 0.6 is 0 Å². The van der Waals surface area contributed by atoms with E-state index in [0.29, 0.717) is 11.4 Å². The molecular formula is C14H17N3O2S. The normalized spacial score (nSPS) is 10.9. The Morgan fingerprint density at radius 3 is 1.80 bits per heavy atom. The van der Waals surface area contributed by atoms with Crippen LogP contribution in [-0.4, -0.2) is 22.5 Å². The molecule has 0 saturated heterocycles. The Morgan fingerprint density at radius 2 is 1.30 bits per heavy atom. The number of rotatable bonds is 5. The van der Waals surface area contributed by atoms with E-state index < -0.39 is 10.2 Å². The highest BCUT2D eigenvalue weighted by atomic mass is 32.2. The van der Waals surface area contributed by atoms with Crippen molar-refractivity contribution in [2.24, 2.45) is 0 Å². The van der Waals surface area contributed by atoms with Crippen molar-refractivity contribution in [2.75, 3.05) is 28.4 Å². The minimum atomic E-state index is -3.63. The Labute approximate surface area is 119 Å². The Kier molecular flexibility index (Phi) is 4.14. The van der Waals surface area contributed by atoms with Crippen molar-refractivity contribution >= 4 is 27.3 Å². The molecule has 0 atom stereocenters. The monoisotopic (exact) mass is 291 g/mol. The first-order valence-electron chi connectivity index (χ1n) is 6.09. The lowest BCUT2D eigenvalue weighted by atomic mass is 10.3. The van der Waals surface area contributed by atoms with Crippen molar-refractivity contribution in [3.05, 3.63) is 54.6 Å². The lowest BCUT2D eigenvalue weighted by molar-refractivity contribution is 0.606. The molecule has 2 aromatic rings. The summed E-state index contributed by atoms with van der Waals surface area (Å²) in [5, 5.41) is 0. The van der Waals surface area contributed by atoms with Gasteiger partial charge < -0.3 is 4.90 Å². The molecule has 0 aliphatic carbocycles. The van der Waals surface area contributed by atoms with Crippen LogP contribution in [0.3, 0.4) is 0 Å². The van der Waals surface area contributed by atoms with E-state index in [-0.39, 0.29) is 0 Å². The van der Waals surface area contributed by atoms with Crippen molar-refractivity contribution in [3.63, 3.8) is 0 Å². The van der Waals surface area contributed by atoms with Gasteiger partial charge in [-0.25, -0.2) is 0 Å².